The van der Waals surface area contributed by atoms with Gasteiger partial charge in [0.2, 0.25) is 10.0 Å². The Hall–Kier alpha value is -2.33. The summed E-state index contributed by atoms with van der Waals surface area (Å²) in [7, 11) is -2.16. The third-order valence-electron chi connectivity index (χ3n) is 6.68. The standard InChI is InChI=1S/C24H26Cl2N2O6S/c1-34-19-9-5-6-15-20(19)21(24(30)31)22(14-11-10-13(25)12-16(14)26)28(23(15)29)18-8-4-3-7-17(18)27-35(2,32)33/h5-6,9-12,17-18,21-22,27H,3-4,7-8H2,1-2H3,(H,30,31)/t17-,18-,21+,22-/m0/s1. The van der Waals surface area contributed by atoms with Crippen molar-refractivity contribution >= 4 is 45.1 Å². The average molecular weight is 541 g/mol. The van der Waals surface area contributed by atoms with Gasteiger partial charge in [0.25, 0.3) is 5.91 Å². The molecule has 188 valence electrons. The SMILES string of the molecule is COc1cccc2c1[C@@H](C(=O)O)[C@H](c1ccc(Cl)cc1Cl)N([C@H]1CCCC[C@@H]1NS(C)(=O)=O)C2=O. The third-order valence-corrected chi connectivity index (χ3v) is 7.97. The van der Waals surface area contributed by atoms with Crippen molar-refractivity contribution in [3.05, 3.63) is 63.1 Å². The van der Waals surface area contributed by atoms with E-state index >= 15 is 0 Å². The highest BCUT2D eigenvalue weighted by Gasteiger charge is 2.50. The molecular formula is C24H26Cl2N2O6S. The number of rotatable bonds is 6. The van der Waals surface area contributed by atoms with Crippen LogP contribution in [0.3, 0.4) is 0 Å². The first-order valence-corrected chi connectivity index (χ1v) is 13.8. The molecule has 0 radical (unpaired) electrons. The summed E-state index contributed by atoms with van der Waals surface area (Å²) in [6, 6.07) is 7.38. The molecule has 1 saturated carbocycles. The van der Waals surface area contributed by atoms with Gasteiger partial charge in [0.05, 0.1) is 19.4 Å². The van der Waals surface area contributed by atoms with E-state index in [4.69, 9.17) is 27.9 Å². The predicted molar refractivity (Wildman–Crippen MR) is 133 cm³/mol. The first kappa shape index (κ1) is 25.8. The summed E-state index contributed by atoms with van der Waals surface area (Å²) < 4.78 is 32.4. The zero-order valence-corrected chi connectivity index (χ0v) is 21.5. The number of carbonyl (C=O) groups excluding carboxylic acids is 1. The number of nitrogens with zero attached hydrogens (tertiary/aromatic N) is 1. The van der Waals surface area contributed by atoms with Crippen LogP contribution in [0.25, 0.3) is 0 Å². The van der Waals surface area contributed by atoms with Crippen LogP contribution in [0.15, 0.2) is 36.4 Å². The van der Waals surface area contributed by atoms with Gasteiger partial charge in [0.15, 0.2) is 0 Å². The molecule has 2 aromatic carbocycles. The minimum Gasteiger partial charge on any atom is -0.496 e. The van der Waals surface area contributed by atoms with Crippen molar-refractivity contribution in [2.75, 3.05) is 13.4 Å². The highest BCUT2D eigenvalue weighted by molar-refractivity contribution is 7.88. The van der Waals surface area contributed by atoms with Crippen LogP contribution in [0, 0.1) is 0 Å². The molecule has 11 heteroatoms. The molecule has 1 heterocycles. The van der Waals surface area contributed by atoms with Crippen molar-refractivity contribution in [2.24, 2.45) is 0 Å². The van der Waals surface area contributed by atoms with Crippen molar-refractivity contribution in [3.63, 3.8) is 0 Å². The Morgan fingerprint density at radius 1 is 1.17 bits per heavy atom. The fraction of sp³-hybridized carbons (Fsp3) is 0.417. The fourth-order valence-electron chi connectivity index (χ4n) is 5.36. The van der Waals surface area contributed by atoms with Crippen LogP contribution < -0.4 is 9.46 Å². The van der Waals surface area contributed by atoms with Gasteiger partial charge >= 0.3 is 5.97 Å². The number of fused-ring (bicyclic) bond motifs is 1. The second-order valence-electron chi connectivity index (χ2n) is 8.91. The van der Waals surface area contributed by atoms with Gasteiger partial charge in [-0.1, -0.05) is 48.2 Å². The molecule has 0 unspecified atom stereocenters. The lowest BCUT2D eigenvalue weighted by atomic mass is 9.76. The number of sulfonamides is 1. The van der Waals surface area contributed by atoms with Crippen molar-refractivity contribution in [3.8, 4) is 5.75 Å². The maximum Gasteiger partial charge on any atom is 0.313 e. The lowest BCUT2D eigenvalue weighted by Gasteiger charge is -2.48. The molecule has 1 aliphatic carbocycles. The van der Waals surface area contributed by atoms with Crippen molar-refractivity contribution < 1.29 is 27.9 Å². The van der Waals surface area contributed by atoms with Crippen LogP contribution >= 0.6 is 23.2 Å². The van der Waals surface area contributed by atoms with Crippen LogP contribution in [0.1, 0.15) is 59.1 Å². The number of hydrogen-bond donors (Lipinski definition) is 2. The van der Waals surface area contributed by atoms with Crippen LogP contribution in [0.5, 0.6) is 5.75 Å². The predicted octanol–water partition coefficient (Wildman–Crippen LogP) is 4.23. The number of methoxy groups -OCH3 is 1. The van der Waals surface area contributed by atoms with Crippen LogP contribution in [-0.4, -0.2) is 55.7 Å². The molecule has 0 saturated heterocycles. The number of carboxylic acid groups (broad SMARTS) is 1. The zero-order valence-electron chi connectivity index (χ0n) is 19.2. The summed E-state index contributed by atoms with van der Waals surface area (Å²) in [5.74, 6) is -2.49. The minimum atomic E-state index is -3.58. The number of halogens is 2. The van der Waals surface area contributed by atoms with Gasteiger partial charge in [-0.3, -0.25) is 9.59 Å². The molecule has 8 nitrogen and oxygen atoms in total. The third kappa shape index (κ3) is 5.00. The zero-order chi connectivity index (χ0) is 25.5. The summed E-state index contributed by atoms with van der Waals surface area (Å²) in [4.78, 5) is 28.4. The van der Waals surface area contributed by atoms with Gasteiger partial charge < -0.3 is 14.7 Å². The number of carboxylic acids is 1. The Bertz CT molecular complexity index is 1270. The first-order chi connectivity index (χ1) is 16.5. The lowest BCUT2D eigenvalue weighted by Crippen LogP contribution is -2.58. The van der Waals surface area contributed by atoms with Crippen molar-refractivity contribution in [2.45, 2.75) is 49.7 Å². The smallest absolute Gasteiger partial charge is 0.313 e. The van der Waals surface area contributed by atoms with Gasteiger partial charge in [-0.15, -0.1) is 0 Å². The Morgan fingerprint density at radius 2 is 1.89 bits per heavy atom. The number of hydrogen-bond acceptors (Lipinski definition) is 5. The maximum absolute atomic E-state index is 14.1. The molecule has 0 spiro atoms. The summed E-state index contributed by atoms with van der Waals surface area (Å²) in [6.07, 6.45) is 3.65. The Kier molecular flexibility index (Phi) is 7.33. The van der Waals surface area contributed by atoms with Gasteiger partial charge in [-0.25, -0.2) is 13.1 Å². The Labute approximate surface area is 214 Å². The normalized spacial score (nSPS) is 24.7. The van der Waals surface area contributed by atoms with Gasteiger partial charge in [0.1, 0.15) is 11.7 Å². The monoisotopic (exact) mass is 540 g/mol. The molecule has 0 aromatic heterocycles. The van der Waals surface area contributed by atoms with E-state index in [9.17, 15) is 23.1 Å². The second-order valence-corrected chi connectivity index (χ2v) is 11.5. The van der Waals surface area contributed by atoms with Crippen molar-refractivity contribution in [1.29, 1.82) is 0 Å². The summed E-state index contributed by atoms with van der Waals surface area (Å²) in [5.41, 5.74) is 0.891. The topological polar surface area (TPSA) is 113 Å². The van der Waals surface area contributed by atoms with Gasteiger partial charge in [-0.05, 0) is 42.7 Å². The lowest BCUT2D eigenvalue weighted by molar-refractivity contribution is -0.141. The number of aliphatic carboxylic acids is 1. The minimum absolute atomic E-state index is 0.210. The molecule has 1 amide bonds. The van der Waals surface area contributed by atoms with Gasteiger partial charge in [-0.2, -0.15) is 0 Å². The number of carbonyl (C=O) groups is 2. The molecule has 0 bridgehead atoms. The summed E-state index contributed by atoms with van der Waals surface area (Å²) in [5, 5.41) is 11.0. The van der Waals surface area contributed by atoms with E-state index in [0.29, 0.717) is 23.4 Å². The second kappa shape index (κ2) is 9.97. The van der Waals surface area contributed by atoms with E-state index in [1.54, 1.807) is 30.3 Å². The molecule has 4 rings (SSSR count). The van der Waals surface area contributed by atoms with Crippen molar-refractivity contribution in [1.82, 2.24) is 9.62 Å². The maximum atomic E-state index is 14.1. The average Bonchev–Trinajstić information content (AvgIpc) is 2.78. The van der Waals surface area contributed by atoms with E-state index in [2.05, 4.69) is 4.72 Å². The fourth-order valence-corrected chi connectivity index (χ4v) is 6.70. The molecular weight excluding hydrogens is 515 g/mol. The van der Waals surface area contributed by atoms with E-state index in [-0.39, 0.29) is 21.9 Å². The number of ether oxygens (including phenoxy) is 1. The highest BCUT2D eigenvalue weighted by Crippen LogP contribution is 2.50. The molecule has 1 aliphatic heterocycles. The molecule has 35 heavy (non-hydrogen) atoms. The van der Waals surface area contributed by atoms with Gasteiger partial charge in [0, 0.05) is 33.3 Å². The quantitative estimate of drug-likeness (QED) is 0.566. The largest absolute Gasteiger partial charge is 0.496 e. The first-order valence-electron chi connectivity index (χ1n) is 11.2. The molecule has 2 N–H and O–H groups in total. The van der Waals surface area contributed by atoms with E-state index in [0.717, 1.165) is 19.1 Å². The number of amides is 1. The Balaban J connectivity index is 1.98. The Morgan fingerprint density at radius 3 is 2.51 bits per heavy atom. The van der Waals surface area contributed by atoms with E-state index in [1.807, 2.05) is 0 Å². The summed E-state index contributed by atoms with van der Waals surface area (Å²) >= 11 is 12.7. The summed E-state index contributed by atoms with van der Waals surface area (Å²) in [6.45, 7) is 0. The molecule has 2 aliphatic rings. The van der Waals surface area contributed by atoms with E-state index in [1.165, 1.54) is 18.1 Å². The van der Waals surface area contributed by atoms with Crippen LogP contribution in [-0.2, 0) is 14.8 Å². The highest BCUT2D eigenvalue weighted by atomic mass is 35.5. The van der Waals surface area contributed by atoms with Crippen LogP contribution in [0.2, 0.25) is 10.0 Å². The molecule has 2 aromatic rings. The number of nitrogens with one attached hydrogen (secondary N) is 1. The van der Waals surface area contributed by atoms with E-state index < -0.39 is 45.9 Å². The number of benzene rings is 2. The molecule has 4 atom stereocenters. The van der Waals surface area contributed by atoms with Crippen LogP contribution in [0.4, 0.5) is 0 Å². The molecule has 1 fully saturated rings.